The van der Waals surface area contributed by atoms with E-state index in [4.69, 9.17) is 38.9 Å². The highest BCUT2D eigenvalue weighted by Gasteiger charge is 2.43. The number of β-amino-alcohol motifs (C(OH)–C–C–N with tert-alkyl or cyclic N) is 2. The molecule has 606 valence electrons. The van der Waals surface area contributed by atoms with Gasteiger partial charge in [0, 0.05) is 58.4 Å². The first kappa shape index (κ1) is 91.6. The first-order valence-corrected chi connectivity index (χ1v) is 38.6. The fourth-order valence-corrected chi connectivity index (χ4v) is 11.5. The molecule has 4 fully saturated rings. The van der Waals surface area contributed by atoms with Crippen molar-refractivity contribution in [1.29, 1.82) is 0 Å². The predicted octanol–water partition coefficient (Wildman–Crippen LogP) is 13.3. The number of nitrogens with two attached hydrogens (primary N) is 1. The molecule has 8 N–H and O–H groups in total. The van der Waals surface area contributed by atoms with Crippen LogP contribution < -0.4 is 27.0 Å². The number of nitrogens with zero attached hydrogens (tertiary/aromatic N) is 4. The molecule has 111 heavy (non-hydrogen) atoms. The van der Waals surface area contributed by atoms with Gasteiger partial charge in [0.2, 0.25) is 5.91 Å². The van der Waals surface area contributed by atoms with Gasteiger partial charge in [-0.1, -0.05) is 196 Å². The van der Waals surface area contributed by atoms with Crippen LogP contribution >= 0.6 is 0 Å². The smallest absolute Gasteiger partial charge is 0.410 e. The molecule has 6 unspecified atom stereocenters. The average Bonchev–Trinajstić information content (AvgIpc) is 1.67. The number of allylic oxidation sites excluding steroid dienone is 2. The number of benzene rings is 5. The van der Waals surface area contributed by atoms with E-state index >= 15 is 0 Å². The Bertz CT molecular complexity index is 3520. The molecule has 10 rings (SSSR count). The average molecular weight is 1540 g/mol. The lowest BCUT2D eigenvalue weighted by molar-refractivity contribution is -0.125. The second-order valence-corrected chi connectivity index (χ2v) is 28.6. The summed E-state index contributed by atoms with van der Waals surface area (Å²) < 4.78 is 36.8. The number of aliphatic hydroxyl groups excluding tert-OH is 2. The minimum atomic E-state index is -0.678. The number of epoxide rings is 1. The number of likely N-dealkylation sites (tertiary alicyclic amines) is 2. The second-order valence-electron chi connectivity index (χ2n) is 28.6. The van der Waals surface area contributed by atoms with E-state index in [2.05, 4.69) is 47.1 Å². The van der Waals surface area contributed by atoms with Crippen LogP contribution in [0.15, 0.2) is 202 Å². The van der Waals surface area contributed by atoms with Crippen LogP contribution in [-0.4, -0.2) is 192 Å². The fourth-order valence-electron chi connectivity index (χ4n) is 11.5. The number of unbranched alkanes of at least 4 members (excludes halogenated alkanes) is 1. The van der Waals surface area contributed by atoms with Crippen LogP contribution in [0.5, 0.6) is 0 Å². The lowest BCUT2D eigenvalue weighted by Crippen LogP contribution is -2.54. The van der Waals surface area contributed by atoms with Gasteiger partial charge in [0.15, 0.2) is 0 Å². The van der Waals surface area contributed by atoms with Crippen molar-refractivity contribution < 1.29 is 76.9 Å². The molecule has 4 saturated heterocycles. The third-order valence-corrected chi connectivity index (χ3v) is 17.5. The van der Waals surface area contributed by atoms with Crippen LogP contribution in [0, 0.1) is 5.92 Å². The van der Waals surface area contributed by atoms with Crippen LogP contribution in [0.1, 0.15) is 133 Å². The van der Waals surface area contributed by atoms with Crippen LogP contribution in [0.2, 0.25) is 0 Å². The van der Waals surface area contributed by atoms with Crippen LogP contribution in [0.25, 0.3) is 0 Å². The summed E-state index contributed by atoms with van der Waals surface area (Å²) in [5, 5.41) is 31.1. The van der Waals surface area contributed by atoms with E-state index in [1.807, 2.05) is 178 Å². The Morgan fingerprint density at radius 2 is 1.09 bits per heavy atom. The van der Waals surface area contributed by atoms with Crippen LogP contribution in [-0.2, 0) is 71.0 Å². The molecule has 0 aliphatic carbocycles. The lowest BCUT2D eigenvalue weighted by Gasteiger charge is -2.27. The molecule has 25 nitrogen and oxygen atoms in total. The summed E-state index contributed by atoms with van der Waals surface area (Å²) in [7, 11) is 0. The molecule has 5 aliphatic rings. The van der Waals surface area contributed by atoms with Crippen LogP contribution in [0.3, 0.4) is 0 Å². The number of ether oxygens (including phenoxy) is 7. The van der Waals surface area contributed by atoms with E-state index in [9.17, 15) is 43.8 Å². The van der Waals surface area contributed by atoms with E-state index in [1.165, 1.54) is 4.90 Å². The number of hydrogen-bond donors (Lipinski definition) is 7. The van der Waals surface area contributed by atoms with Crippen molar-refractivity contribution in [3.05, 3.63) is 230 Å². The number of nitrogens with one attached hydrogen (secondary N) is 4. The Kier molecular flexibility index (Phi) is 43.7. The van der Waals surface area contributed by atoms with Gasteiger partial charge in [-0.25, -0.2) is 28.8 Å². The summed E-state index contributed by atoms with van der Waals surface area (Å²) in [6.45, 7) is 28.2. The minimum Gasteiger partial charge on any atom is -0.445 e. The molecule has 5 aromatic rings. The molecular formula is C86H121N9O16. The number of alkyl carbamates (subject to hydrolysis) is 2. The van der Waals surface area contributed by atoms with Gasteiger partial charge in [-0.15, -0.1) is 19.7 Å². The molecule has 0 radical (unpaired) electrons. The second kappa shape index (κ2) is 52.9. The maximum absolute atomic E-state index is 12.6. The number of aliphatic hydroxyl groups is 2. The quantitative estimate of drug-likeness (QED) is 0.0138. The third kappa shape index (κ3) is 39.9. The van der Waals surface area contributed by atoms with E-state index in [1.54, 1.807) is 47.6 Å². The van der Waals surface area contributed by atoms with Gasteiger partial charge in [0.05, 0.1) is 37.4 Å². The van der Waals surface area contributed by atoms with Crippen molar-refractivity contribution in [3.63, 3.8) is 0 Å². The van der Waals surface area contributed by atoms with E-state index < -0.39 is 42.1 Å². The number of hydrogen-bond acceptors (Lipinski definition) is 18. The number of rotatable bonds is 23. The zero-order chi connectivity index (χ0) is 80.4. The van der Waals surface area contributed by atoms with Gasteiger partial charge in [-0.3, -0.25) is 4.79 Å². The maximum atomic E-state index is 12.6. The largest absolute Gasteiger partial charge is 0.445 e. The molecule has 0 saturated carbocycles. The predicted molar refractivity (Wildman–Crippen MR) is 429 cm³/mol. The molecule has 5 heterocycles. The summed E-state index contributed by atoms with van der Waals surface area (Å²) in [5.41, 5.74) is 10.1. The molecular weight excluding hydrogens is 1410 g/mol. The summed E-state index contributed by atoms with van der Waals surface area (Å²) in [4.78, 5) is 89.9. The summed E-state index contributed by atoms with van der Waals surface area (Å²) in [5.74, 6) is -0.0445. The summed E-state index contributed by atoms with van der Waals surface area (Å²) in [6, 6.07) is 47.0. The Balaban J connectivity index is 0.000000240. The standard InChI is InChI=1S/C17H33N3O4.C16H21NO2.C14H20N2O3.C14H17NO3.C14H17NO2.C11H13NO2/c1-11(2)9-13(20-16(23)24-17(3,4)5)15(22)19-12-7-6-8-18-10-14(12)21;1-3-5-9-13-17(12-4-2)16(18)19-14-15-10-7-6-8-11-15;15-12-7-4-8-16(9-13(12)17)14(18)19-10-11-5-2-1-3-6-11;16-14(17-10-11-5-2-1-3-6-11)15-8-4-7-12-13(9-15)18-12;16-14(15-10-6-1-2-7-11-15)17-12-13-8-4-3-5-9-13;1-2-8-12-11(13)14-9-10-6-4-3-5-7-10/h11-14,18,21H,6-10H2,1-5H3,(H,19,22)(H,20,23);3-4,6-8,10-11H,1-2,5,9,12-14H2;1-3,5-6,12-13,17H,4,7-10,15H2;1-3,5-6,12-13H,4,7-10H2;1,3-6,8-9H,2,7,10-12H2;2-7H,1,8-9H2,(H,12,13)/t12?,13-,14?;;;;;/m0...../s1. The topological polar surface area (TPSA) is 315 Å². The molecule has 7 atom stereocenters. The van der Waals surface area contributed by atoms with Crippen molar-refractivity contribution in [2.75, 3.05) is 72.0 Å². The molecule has 7 amide bonds. The van der Waals surface area contributed by atoms with E-state index in [0.29, 0.717) is 91.2 Å². The fraction of sp³-hybridized carbons (Fsp3) is 0.477. The van der Waals surface area contributed by atoms with Crippen molar-refractivity contribution in [1.82, 2.24) is 40.9 Å². The van der Waals surface area contributed by atoms with Gasteiger partial charge in [-0.05, 0) is 132 Å². The van der Waals surface area contributed by atoms with E-state index in [-0.39, 0.29) is 61.4 Å². The lowest BCUT2D eigenvalue weighted by atomic mass is 10.0. The normalized spacial score (nSPS) is 18.5. The van der Waals surface area contributed by atoms with Crippen molar-refractivity contribution in [2.24, 2.45) is 11.7 Å². The maximum Gasteiger partial charge on any atom is 0.410 e. The molecule has 0 spiro atoms. The third-order valence-electron chi connectivity index (χ3n) is 17.5. The van der Waals surface area contributed by atoms with Crippen molar-refractivity contribution in [2.45, 2.75) is 186 Å². The van der Waals surface area contributed by atoms with Gasteiger partial charge in [0.1, 0.15) is 50.8 Å². The SMILES string of the molecule is C=CCCCN(CC=C)C(=O)OCc1ccccc1.C=CCNC(=O)OCc1ccccc1.CC(C)C[C@H](NC(=O)OC(C)(C)C)C(=O)NC1CCCNCC1O.NC1CCCN(C(=O)OCc2ccccc2)CC1O.O=C(OCc1ccccc1)N1CC=CCCC1.O=C(OCc1ccccc1)N1CCCC2OC2C1. The van der Waals surface area contributed by atoms with Crippen molar-refractivity contribution >= 4 is 42.5 Å². The molecule has 5 aromatic carbocycles. The van der Waals surface area contributed by atoms with Gasteiger partial charge in [0.25, 0.3) is 0 Å². The zero-order valence-electron chi connectivity index (χ0n) is 65.6. The molecule has 5 aliphatic heterocycles. The van der Waals surface area contributed by atoms with E-state index in [0.717, 1.165) is 105 Å². The van der Waals surface area contributed by atoms with Crippen LogP contribution in [0.4, 0.5) is 28.8 Å². The number of amides is 7. The Morgan fingerprint density at radius 1 is 0.595 bits per heavy atom. The monoisotopic (exact) mass is 1540 g/mol. The number of carbonyl (C=O) groups is 7. The first-order chi connectivity index (χ1) is 53.5. The highest BCUT2D eigenvalue weighted by atomic mass is 16.6. The van der Waals surface area contributed by atoms with Gasteiger partial charge in [-0.2, -0.15) is 0 Å². The number of carbonyl (C=O) groups excluding carboxylic acids is 7. The Labute approximate surface area is 656 Å². The summed E-state index contributed by atoms with van der Waals surface area (Å²) in [6.07, 6.45) is 16.0. The molecule has 0 bridgehead atoms. The van der Waals surface area contributed by atoms with Gasteiger partial charge >= 0.3 is 36.6 Å². The van der Waals surface area contributed by atoms with Crippen molar-refractivity contribution in [3.8, 4) is 0 Å². The first-order valence-electron chi connectivity index (χ1n) is 38.6. The van der Waals surface area contributed by atoms with Gasteiger partial charge < -0.3 is 90.0 Å². The Hall–Kier alpha value is -10.1. The summed E-state index contributed by atoms with van der Waals surface area (Å²) >= 11 is 0. The highest BCUT2D eigenvalue weighted by Crippen LogP contribution is 2.31. The Morgan fingerprint density at radius 3 is 1.59 bits per heavy atom. The molecule has 25 heteroatoms. The minimum absolute atomic E-state index is 0.222. The number of fused-ring (bicyclic) bond motifs is 1. The zero-order valence-corrected chi connectivity index (χ0v) is 65.6. The highest BCUT2D eigenvalue weighted by molar-refractivity contribution is 5.86. The molecule has 0 aromatic heterocycles.